The average Bonchev–Trinajstić information content (AvgIpc) is 3.90. The van der Waals surface area contributed by atoms with Gasteiger partial charge in [0.25, 0.3) is 0 Å². The van der Waals surface area contributed by atoms with E-state index in [2.05, 4.69) is 132 Å². The van der Waals surface area contributed by atoms with E-state index in [-0.39, 0.29) is 0 Å². The van der Waals surface area contributed by atoms with Crippen LogP contribution in [0.1, 0.15) is 0 Å². The number of fused-ring (bicyclic) bond motifs is 10. The van der Waals surface area contributed by atoms with E-state index in [0.717, 1.165) is 65.8 Å². The first-order valence-corrected chi connectivity index (χ1v) is 16.4. The van der Waals surface area contributed by atoms with Crippen LogP contribution in [0, 0.1) is 0 Å². The van der Waals surface area contributed by atoms with Crippen molar-refractivity contribution in [2.75, 3.05) is 0 Å². The third-order valence-corrected chi connectivity index (χ3v) is 10.7. The minimum Gasteiger partial charge on any atom is -0.455 e. The zero-order valence-electron chi connectivity index (χ0n) is 23.3. The van der Waals surface area contributed by atoms with Crippen LogP contribution in [-0.4, -0.2) is 0 Å². The molecule has 44 heavy (non-hydrogen) atoms. The van der Waals surface area contributed by atoms with E-state index in [1.54, 1.807) is 22.7 Å². The second-order valence-corrected chi connectivity index (χ2v) is 13.2. The van der Waals surface area contributed by atoms with Gasteiger partial charge in [-0.25, -0.2) is 0 Å². The van der Waals surface area contributed by atoms with Crippen molar-refractivity contribution in [2.45, 2.75) is 0 Å². The Balaban J connectivity index is 1.21. The largest absolute Gasteiger partial charge is 0.455 e. The van der Waals surface area contributed by atoms with Crippen LogP contribution in [0.2, 0.25) is 0 Å². The van der Waals surface area contributed by atoms with Gasteiger partial charge in [-0.2, -0.15) is 0 Å². The Hall–Kier alpha value is -5.16. The predicted molar refractivity (Wildman–Crippen MR) is 188 cm³/mol. The summed E-state index contributed by atoms with van der Waals surface area (Å²) in [6.07, 6.45) is 0. The fraction of sp³-hybridized carbons (Fsp3) is 0. The van der Waals surface area contributed by atoms with Crippen molar-refractivity contribution in [3.05, 3.63) is 132 Å². The van der Waals surface area contributed by atoms with Crippen molar-refractivity contribution in [1.29, 1.82) is 0 Å². The third-order valence-electron chi connectivity index (χ3n) is 8.86. The Morgan fingerprint density at radius 3 is 1.25 bits per heavy atom. The van der Waals surface area contributed by atoms with Crippen molar-refractivity contribution in [3.63, 3.8) is 0 Å². The molecular formula is C40H22O2S2. The second-order valence-electron chi connectivity index (χ2n) is 11.3. The molecule has 0 aliphatic heterocycles. The van der Waals surface area contributed by atoms with Crippen molar-refractivity contribution >= 4 is 88.1 Å². The molecule has 0 saturated carbocycles. The van der Waals surface area contributed by atoms with E-state index < -0.39 is 0 Å². The molecule has 0 aliphatic rings. The quantitative estimate of drug-likeness (QED) is 0.202. The molecule has 2 nitrogen and oxygen atoms in total. The lowest BCUT2D eigenvalue weighted by Gasteiger charge is -2.06. The van der Waals surface area contributed by atoms with E-state index in [4.69, 9.17) is 8.83 Å². The highest BCUT2D eigenvalue weighted by molar-refractivity contribution is 7.14. The first-order valence-electron chi connectivity index (χ1n) is 14.6. The van der Waals surface area contributed by atoms with Gasteiger partial charge in [0, 0.05) is 53.2 Å². The molecule has 0 radical (unpaired) electrons. The molecule has 6 aromatic carbocycles. The Morgan fingerprint density at radius 2 is 0.818 bits per heavy atom. The molecule has 206 valence electrons. The molecule has 4 heteroatoms. The van der Waals surface area contributed by atoms with Crippen molar-refractivity contribution in [1.82, 2.24) is 0 Å². The number of rotatable bonds is 3. The monoisotopic (exact) mass is 598 g/mol. The van der Waals surface area contributed by atoms with Gasteiger partial charge in [0.05, 0.1) is 0 Å². The zero-order chi connectivity index (χ0) is 28.8. The molecule has 0 unspecified atom stereocenters. The van der Waals surface area contributed by atoms with E-state index >= 15 is 0 Å². The van der Waals surface area contributed by atoms with Crippen LogP contribution >= 0.6 is 22.7 Å². The molecule has 4 heterocycles. The third kappa shape index (κ3) is 3.47. The van der Waals surface area contributed by atoms with Gasteiger partial charge in [0.2, 0.25) is 0 Å². The van der Waals surface area contributed by atoms with Crippen molar-refractivity contribution < 1.29 is 8.83 Å². The first kappa shape index (κ1) is 24.3. The predicted octanol–water partition coefficient (Wildman–Crippen LogP) is 12.9. The molecule has 0 amide bonds. The summed E-state index contributed by atoms with van der Waals surface area (Å²) in [5, 5.41) is 13.5. The molecule has 0 fully saturated rings. The fourth-order valence-corrected chi connectivity index (χ4v) is 8.34. The summed E-state index contributed by atoms with van der Waals surface area (Å²) in [7, 11) is 0. The van der Waals surface area contributed by atoms with Crippen LogP contribution in [0.15, 0.2) is 141 Å². The first-order chi connectivity index (χ1) is 21.8. The van der Waals surface area contributed by atoms with E-state index in [9.17, 15) is 0 Å². The van der Waals surface area contributed by atoms with Crippen molar-refractivity contribution in [3.8, 4) is 32.0 Å². The topological polar surface area (TPSA) is 26.3 Å². The lowest BCUT2D eigenvalue weighted by molar-refractivity contribution is 0.672. The molecular weight excluding hydrogens is 577 g/mol. The van der Waals surface area contributed by atoms with Gasteiger partial charge >= 0.3 is 0 Å². The number of hydrogen-bond acceptors (Lipinski definition) is 4. The highest BCUT2D eigenvalue weighted by Crippen LogP contribution is 2.44. The SMILES string of the molecule is c1csc(-c2cc3c4cc(-c5ccc6oc7c8ccccc8c(-c8cccs8)cc7c6c5)ccc4oc3c3ccccc23)c1. The minimum atomic E-state index is 0.902. The smallest absolute Gasteiger partial charge is 0.143 e. The van der Waals surface area contributed by atoms with Crippen LogP contribution in [0.4, 0.5) is 0 Å². The Bertz CT molecular complexity index is 2520. The molecule has 4 aromatic heterocycles. The highest BCUT2D eigenvalue weighted by Gasteiger charge is 2.18. The molecule has 0 atom stereocenters. The molecule has 10 aromatic rings. The van der Waals surface area contributed by atoms with Crippen LogP contribution in [-0.2, 0) is 0 Å². The second kappa shape index (κ2) is 9.17. The number of thiophene rings is 2. The molecule has 0 aliphatic carbocycles. The summed E-state index contributed by atoms with van der Waals surface area (Å²) in [5.41, 5.74) is 8.49. The minimum absolute atomic E-state index is 0.902. The maximum atomic E-state index is 6.52. The Morgan fingerprint density at radius 1 is 0.364 bits per heavy atom. The van der Waals surface area contributed by atoms with E-state index in [0.29, 0.717) is 0 Å². The van der Waals surface area contributed by atoms with E-state index in [1.807, 2.05) is 0 Å². The normalized spacial score (nSPS) is 12.1. The standard InChI is InChI=1S/C40H22O2S2/c1-3-9-27-25(7-1)31(37-11-5-17-43-37)21-33-29-19-23(13-15-35(29)41-39(27)33)24-14-16-36-30(20-24)34-22-32(38-12-6-18-44-38)26-8-2-4-10-28(26)40(34)42-36/h1-22H. The van der Waals surface area contributed by atoms with Crippen LogP contribution in [0.25, 0.3) is 97.4 Å². The van der Waals surface area contributed by atoms with Gasteiger partial charge in [-0.15, -0.1) is 22.7 Å². The van der Waals surface area contributed by atoms with Crippen LogP contribution < -0.4 is 0 Å². The number of benzene rings is 6. The molecule has 0 spiro atoms. The van der Waals surface area contributed by atoms with Crippen molar-refractivity contribution in [2.24, 2.45) is 0 Å². The number of furan rings is 2. The lowest BCUT2D eigenvalue weighted by atomic mass is 9.96. The van der Waals surface area contributed by atoms with E-state index in [1.165, 1.54) is 31.7 Å². The average molecular weight is 599 g/mol. The van der Waals surface area contributed by atoms with Gasteiger partial charge in [0.1, 0.15) is 22.3 Å². The summed E-state index contributed by atoms with van der Waals surface area (Å²) in [6.45, 7) is 0. The van der Waals surface area contributed by atoms with Gasteiger partial charge in [-0.05, 0) is 81.2 Å². The van der Waals surface area contributed by atoms with Crippen LogP contribution in [0.5, 0.6) is 0 Å². The lowest BCUT2D eigenvalue weighted by Crippen LogP contribution is -1.81. The van der Waals surface area contributed by atoms with Gasteiger partial charge < -0.3 is 8.83 Å². The summed E-state index contributed by atoms with van der Waals surface area (Å²) < 4.78 is 13.0. The molecule has 0 bridgehead atoms. The van der Waals surface area contributed by atoms with Gasteiger partial charge in [-0.3, -0.25) is 0 Å². The Labute approximate surface area is 260 Å². The summed E-state index contributed by atoms with van der Waals surface area (Å²) >= 11 is 3.54. The zero-order valence-corrected chi connectivity index (χ0v) is 25.0. The summed E-state index contributed by atoms with van der Waals surface area (Å²) in [6, 6.07) is 43.5. The summed E-state index contributed by atoms with van der Waals surface area (Å²) in [5.74, 6) is 0. The van der Waals surface area contributed by atoms with Crippen LogP contribution in [0.3, 0.4) is 0 Å². The number of hydrogen-bond donors (Lipinski definition) is 0. The van der Waals surface area contributed by atoms with Gasteiger partial charge in [0.15, 0.2) is 0 Å². The van der Waals surface area contributed by atoms with Gasteiger partial charge in [-0.1, -0.05) is 72.8 Å². The molecule has 0 saturated heterocycles. The highest BCUT2D eigenvalue weighted by atomic mass is 32.1. The maximum Gasteiger partial charge on any atom is 0.143 e. The fourth-order valence-electron chi connectivity index (χ4n) is 6.83. The molecule has 10 rings (SSSR count). The molecule has 0 N–H and O–H groups in total. The Kier molecular flexibility index (Phi) is 5.06. The summed E-state index contributed by atoms with van der Waals surface area (Å²) in [4.78, 5) is 2.53. The maximum absolute atomic E-state index is 6.52.